The summed E-state index contributed by atoms with van der Waals surface area (Å²) in [6, 6.07) is 0.457. The molecular formula is C11H20N2O. The molecule has 1 N–H and O–H groups in total. The van der Waals surface area contributed by atoms with Gasteiger partial charge in [-0.1, -0.05) is 13.8 Å². The van der Waals surface area contributed by atoms with Crippen LogP contribution in [-0.2, 0) is 4.79 Å². The van der Waals surface area contributed by atoms with Gasteiger partial charge in [0.1, 0.15) is 0 Å². The zero-order valence-electron chi connectivity index (χ0n) is 9.18. The Bertz CT molecular complexity index is 231. The highest BCUT2D eigenvalue weighted by Crippen LogP contribution is 2.32. The molecule has 3 nitrogen and oxygen atoms in total. The number of amides is 1. The Hall–Kier alpha value is -0.570. The molecule has 0 aromatic heterocycles. The number of carbonyl (C=O) groups excluding carboxylic acids is 1. The fourth-order valence-corrected chi connectivity index (χ4v) is 2.55. The van der Waals surface area contributed by atoms with E-state index in [1.165, 1.54) is 12.8 Å². The molecule has 0 bridgehead atoms. The molecule has 80 valence electrons. The highest BCUT2D eigenvalue weighted by Gasteiger charge is 2.39. The van der Waals surface area contributed by atoms with Crippen molar-refractivity contribution in [1.29, 1.82) is 0 Å². The van der Waals surface area contributed by atoms with E-state index in [-0.39, 0.29) is 5.41 Å². The summed E-state index contributed by atoms with van der Waals surface area (Å²) in [5.74, 6) is 0.351. The predicted molar refractivity (Wildman–Crippen MR) is 56.0 cm³/mol. The summed E-state index contributed by atoms with van der Waals surface area (Å²) < 4.78 is 0. The Morgan fingerprint density at radius 2 is 2.29 bits per heavy atom. The second kappa shape index (κ2) is 3.54. The first kappa shape index (κ1) is 9.97. The maximum absolute atomic E-state index is 11.8. The van der Waals surface area contributed by atoms with Gasteiger partial charge in [-0.05, 0) is 24.8 Å². The predicted octanol–water partition coefficient (Wildman–Crippen LogP) is 0.997. The van der Waals surface area contributed by atoms with E-state index in [2.05, 4.69) is 24.1 Å². The molecule has 1 atom stereocenters. The molecule has 2 aliphatic heterocycles. The van der Waals surface area contributed by atoms with Crippen molar-refractivity contribution < 1.29 is 4.79 Å². The number of likely N-dealkylation sites (tertiary alicyclic amines) is 1. The van der Waals surface area contributed by atoms with E-state index in [0.29, 0.717) is 11.9 Å². The second-order valence-electron chi connectivity index (χ2n) is 5.36. The lowest BCUT2D eigenvalue weighted by atomic mass is 9.93. The monoisotopic (exact) mass is 196 g/mol. The van der Waals surface area contributed by atoms with E-state index in [0.717, 1.165) is 26.1 Å². The van der Waals surface area contributed by atoms with Gasteiger partial charge in [0.2, 0.25) is 5.91 Å². The van der Waals surface area contributed by atoms with Gasteiger partial charge in [-0.2, -0.15) is 0 Å². The summed E-state index contributed by atoms with van der Waals surface area (Å²) in [5, 5.41) is 3.37. The van der Waals surface area contributed by atoms with Crippen LogP contribution in [0.15, 0.2) is 0 Å². The minimum Gasteiger partial charge on any atom is -0.338 e. The molecular weight excluding hydrogens is 176 g/mol. The summed E-state index contributed by atoms with van der Waals surface area (Å²) in [5.41, 5.74) is 0.189. The average Bonchev–Trinajstić information content (AvgIpc) is 2.41. The highest BCUT2D eigenvalue weighted by molar-refractivity contribution is 5.79. The summed E-state index contributed by atoms with van der Waals surface area (Å²) in [6.07, 6.45) is 3.10. The van der Waals surface area contributed by atoms with Crippen LogP contribution in [0.4, 0.5) is 0 Å². The number of hydrogen-bond acceptors (Lipinski definition) is 2. The van der Waals surface area contributed by atoms with Crippen LogP contribution in [0.3, 0.4) is 0 Å². The molecule has 0 aromatic rings. The van der Waals surface area contributed by atoms with Gasteiger partial charge in [-0.3, -0.25) is 4.79 Å². The summed E-state index contributed by atoms with van der Waals surface area (Å²) in [7, 11) is 0. The quantitative estimate of drug-likeness (QED) is 0.678. The van der Waals surface area contributed by atoms with Gasteiger partial charge in [0.15, 0.2) is 0 Å². The Labute approximate surface area is 85.8 Å². The standard InChI is InChI=1S/C11H20N2O/c1-11(2)6-10(14)13(8-11)9-4-3-5-12-7-9/h9,12H,3-8H2,1-2H3. The topological polar surface area (TPSA) is 32.3 Å². The number of rotatable bonds is 1. The fourth-order valence-electron chi connectivity index (χ4n) is 2.55. The number of carbonyl (C=O) groups is 1. The largest absolute Gasteiger partial charge is 0.338 e. The van der Waals surface area contributed by atoms with Crippen LogP contribution in [0.25, 0.3) is 0 Å². The van der Waals surface area contributed by atoms with Crippen molar-refractivity contribution in [2.45, 2.75) is 39.2 Å². The molecule has 2 rings (SSSR count). The van der Waals surface area contributed by atoms with Crippen LogP contribution < -0.4 is 5.32 Å². The lowest BCUT2D eigenvalue weighted by Gasteiger charge is -2.32. The molecule has 0 aromatic carbocycles. The molecule has 0 saturated carbocycles. The highest BCUT2D eigenvalue weighted by atomic mass is 16.2. The van der Waals surface area contributed by atoms with E-state index in [9.17, 15) is 4.79 Å². The zero-order chi connectivity index (χ0) is 10.2. The third-order valence-corrected chi connectivity index (χ3v) is 3.26. The van der Waals surface area contributed by atoms with Gasteiger partial charge in [0, 0.05) is 25.6 Å². The Kier molecular flexibility index (Phi) is 2.52. The van der Waals surface area contributed by atoms with Gasteiger partial charge in [0.05, 0.1) is 0 Å². The van der Waals surface area contributed by atoms with Gasteiger partial charge in [0.25, 0.3) is 0 Å². The van der Waals surface area contributed by atoms with Crippen LogP contribution in [0.1, 0.15) is 33.1 Å². The molecule has 1 amide bonds. The maximum atomic E-state index is 11.8. The van der Waals surface area contributed by atoms with Crippen LogP contribution in [0.2, 0.25) is 0 Å². The first-order valence-electron chi connectivity index (χ1n) is 5.59. The molecule has 3 heteroatoms. The van der Waals surface area contributed by atoms with E-state index in [4.69, 9.17) is 0 Å². The molecule has 14 heavy (non-hydrogen) atoms. The summed E-state index contributed by atoms with van der Waals surface area (Å²) >= 11 is 0. The minimum absolute atomic E-state index is 0.189. The first-order chi connectivity index (χ1) is 6.58. The van der Waals surface area contributed by atoms with E-state index < -0.39 is 0 Å². The maximum Gasteiger partial charge on any atom is 0.223 e. The van der Waals surface area contributed by atoms with Crippen molar-refractivity contribution in [2.75, 3.05) is 19.6 Å². The molecule has 0 spiro atoms. The van der Waals surface area contributed by atoms with Crippen LogP contribution in [0, 0.1) is 5.41 Å². The third-order valence-electron chi connectivity index (χ3n) is 3.26. The third kappa shape index (κ3) is 1.92. The van der Waals surface area contributed by atoms with Gasteiger partial charge >= 0.3 is 0 Å². The number of nitrogens with one attached hydrogen (secondary N) is 1. The van der Waals surface area contributed by atoms with Gasteiger partial charge in [-0.25, -0.2) is 0 Å². The molecule has 0 aliphatic carbocycles. The van der Waals surface area contributed by atoms with Crippen molar-refractivity contribution >= 4 is 5.91 Å². The fraction of sp³-hybridized carbons (Fsp3) is 0.909. The minimum atomic E-state index is 0.189. The Morgan fingerprint density at radius 3 is 2.79 bits per heavy atom. The van der Waals surface area contributed by atoms with E-state index in [1.807, 2.05) is 0 Å². The van der Waals surface area contributed by atoms with Crippen molar-refractivity contribution in [3.05, 3.63) is 0 Å². The SMILES string of the molecule is CC1(C)CC(=O)N(C2CCCNC2)C1. The zero-order valence-corrected chi connectivity index (χ0v) is 9.18. The average molecular weight is 196 g/mol. The molecule has 0 radical (unpaired) electrons. The Morgan fingerprint density at radius 1 is 1.50 bits per heavy atom. The lowest BCUT2D eigenvalue weighted by Crippen LogP contribution is -2.46. The smallest absolute Gasteiger partial charge is 0.223 e. The van der Waals surface area contributed by atoms with Crippen molar-refractivity contribution in [2.24, 2.45) is 5.41 Å². The molecule has 2 saturated heterocycles. The van der Waals surface area contributed by atoms with Crippen LogP contribution >= 0.6 is 0 Å². The van der Waals surface area contributed by atoms with Gasteiger partial charge in [-0.15, -0.1) is 0 Å². The molecule has 2 fully saturated rings. The molecule has 1 unspecified atom stereocenters. The van der Waals surface area contributed by atoms with Crippen LogP contribution in [-0.4, -0.2) is 36.5 Å². The van der Waals surface area contributed by atoms with Crippen molar-refractivity contribution in [3.63, 3.8) is 0 Å². The van der Waals surface area contributed by atoms with E-state index >= 15 is 0 Å². The second-order valence-corrected chi connectivity index (χ2v) is 5.36. The number of hydrogen-bond donors (Lipinski definition) is 1. The van der Waals surface area contributed by atoms with Gasteiger partial charge < -0.3 is 10.2 Å². The summed E-state index contributed by atoms with van der Waals surface area (Å²) in [6.45, 7) is 7.41. The van der Waals surface area contributed by atoms with E-state index in [1.54, 1.807) is 0 Å². The molecule has 2 aliphatic rings. The number of nitrogens with zero attached hydrogens (tertiary/aromatic N) is 1. The number of piperidine rings is 1. The van der Waals surface area contributed by atoms with Crippen molar-refractivity contribution in [1.82, 2.24) is 10.2 Å². The van der Waals surface area contributed by atoms with Crippen LogP contribution in [0.5, 0.6) is 0 Å². The first-order valence-corrected chi connectivity index (χ1v) is 5.59. The summed E-state index contributed by atoms with van der Waals surface area (Å²) in [4.78, 5) is 13.9. The molecule has 2 heterocycles. The van der Waals surface area contributed by atoms with Crippen molar-refractivity contribution in [3.8, 4) is 0 Å². The normalized spacial score (nSPS) is 32.3. The Balaban J connectivity index is 2.00. The lowest BCUT2D eigenvalue weighted by molar-refractivity contribution is -0.130.